The van der Waals surface area contributed by atoms with Gasteiger partial charge >= 0.3 is 5.97 Å². The van der Waals surface area contributed by atoms with Crippen LogP contribution >= 0.6 is 0 Å². The highest BCUT2D eigenvalue weighted by molar-refractivity contribution is 6.05. The molecular weight excluding hydrogens is 282 g/mol. The van der Waals surface area contributed by atoms with Crippen molar-refractivity contribution < 1.29 is 19.1 Å². The van der Waals surface area contributed by atoms with Gasteiger partial charge in [-0.25, -0.2) is 0 Å². The second-order valence-electron chi connectivity index (χ2n) is 6.11. The number of benzene rings is 1. The molecule has 1 aliphatic rings. The van der Waals surface area contributed by atoms with Gasteiger partial charge in [0.25, 0.3) is 0 Å². The van der Waals surface area contributed by atoms with E-state index in [0.29, 0.717) is 31.9 Å². The molecule has 1 amide bonds. The molecule has 0 aliphatic heterocycles. The summed E-state index contributed by atoms with van der Waals surface area (Å²) >= 11 is 0. The van der Waals surface area contributed by atoms with Gasteiger partial charge < -0.3 is 14.8 Å². The number of amides is 1. The van der Waals surface area contributed by atoms with Gasteiger partial charge in [-0.1, -0.05) is 26.0 Å². The molecule has 0 spiro atoms. The van der Waals surface area contributed by atoms with Crippen LogP contribution in [0.25, 0.3) is 0 Å². The van der Waals surface area contributed by atoms with Crippen molar-refractivity contribution in [2.24, 2.45) is 11.3 Å². The first-order valence-electron chi connectivity index (χ1n) is 7.56. The first-order valence-corrected chi connectivity index (χ1v) is 7.56. The van der Waals surface area contributed by atoms with E-state index in [4.69, 9.17) is 9.47 Å². The molecule has 1 N–H and O–H groups in total. The number of hydrogen-bond acceptors (Lipinski definition) is 4. The molecule has 0 heterocycles. The first kappa shape index (κ1) is 16.3. The SMILES string of the molecule is COC(=O)C1(C(=O)NCc2ccc(OCC(C)C)cc2)CC1. The van der Waals surface area contributed by atoms with Crippen LogP contribution in [0, 0.1) is 11.3 Å². The topological polar surface area (TPSA) is 64.6 Å². The van der Waals surface area contributed by atoms with E-state index in [1.807, 2.05) is 24.3 Å². The Morgan fingerprint density at radius 3 is 2.36 bits per heavy atom. The summed E-state index contributed by atoms with van der Waals surface area (Å²) in [7, 11) is 1.31. The fourth-order valence-corrected chi connectivity index (χ4v) is 2.16. The smallest absolute Gasteiger partial charge is 0.321 e. The van der Waals surface area contributed by atoms with Crippen molar-refractivity contribution in [3.8, 4) is 5.75 Å². The van der Waals surface area contributed by atoms with Crippen molar-refractivity contribution in [3.63, 3.8) is 0 Å². The van der Waals surface area contributed by atoms with Crippen LogP contribution in [0.2, 0.25) is 0 Å². The third-order valence-corrected chi connectivity index (χ3v) is 3.72. The molecule has 5 heteroatoms. The third-order valence-electron chi connectivity index (χ3n) is 3.72. The minimum absolute atomic E-state index is 0.250. The summed E-state index contributed by atoms with van der Waals surface area (Å²) in [5, 5.41) is 2.81. The van der Waals surface area contributed by atoms with Crippen molar-refractivity contribution in [1.82, 2.24) is 5.32 Å². The second kappa shape index (κ2) is 6.81. The lowest BCUT2D eigenvalue weighted by molar-refractivity contribution is -0.152. The maximum absolute atomic E-state index is 12.1. The van der Waals surface area contributed by atoms with Gasteiger partial charge in [-0.3, -0.25) is 9.59 Å². The van der Waals surface area contributed by atoms with E-state index >= 15 is 0 Å². The lowest BCUT2D eigenvalue weighted by Crippen LogP contribution is -2.37. The van der Waals surface area contributed by atoms with Crippen LogP contribution in [-0.2, 0) is 20.9 Å². The monoisotopic (exact) mass is 305 g/mol. The van der Waals surface area contributed by atoms with E-state index in [1.165, 1.54) is 7.11 Å². The Bertz CT molecular complexity index is 532. The highest BCUT2D eigenvalue weighted by Crippen LogP contribution is 2.46. The summed E-state index contributed by atoms with van der Waals surface area (Å²) in [5.41, 5.74) is 0.0145. The molecule has 1 saturated carbocycles. The van der Waals surface area contributed by atoms with Crippen molar-refractivity contribution >= 4 is 11.9 Å². The molecule has 2 rings (SSSR count). The van der Waals surface area contributed by atoms with E-state index in [-0.39, 0.29) is 5.91 Å². The number of esters is 1. The zero-order valence-corrected chi connectivity index (χ0v) is 13.3. The fraction of sp³-hybridized carbons (Fsp3) is 0.529. The van der Waals surface area contributed by atoms with Crippen LogP contribution in [0.5, 0.6) is 5.75 Å². The molecule has 0 aromatic heterocycles. The number of methoxy groups -OCH3 is 1. The zero-order valence-electron chi connectivity index (χ0n) is 13.3. The van der Waals surface area contributed by atoms with Crippen LogP contribution in [-0.4, -0.2) is 25.6 Å². The molecule has 1 fully saturated rings. The molecule has 5 nitrogen and oxygen atoms in total. The quantitative estimate of drug-likeness (QED) is 0.620. The molecule has 120 valence electrons. The van der Waals surface area contributed by atoms with Gasteiger partial charge in [0.15, 0.2) is 0 Å². The van der Waals surface area contributed by atoms with Crippen LogP contribution in [0.15, 0.2) is 24.3 Å². The van der Waals surface area contributed by atoms with E-state index in [1.54, 1.807) is 0 Å². The highest BCUT2D eigenvalue weighted by atomic mass is 16.5. The van der Waals surface area contributed by atoms with Gasteiger partial charge in [0.2, 0.25) is 5.91 Å². The summed E-state index contributed by atoms with van der Waals surface area (Å²) in [6.07, 6.45) is 1.13. The van der Waals surface area contributed by atoms with E-state index in [9.17, 15) is 9.59 Å². The van der Waals surface area contributed by atoms with E-state index in [0.717, 1.165) is 11.3 Å². The molecule has 1 aromatic rings. The molecule has 1 aromatic carbocycles. The lowest BCUT2D eigenvalue weighted by Gasteiger charge is -2.13. The Hall–Kier alpha value is -2.04. The Labute approximate surface area is 131 Å². The van der Waals surface area contributed by atoms with Gasteiger partial charge in [-0.15, -0.1) is 0 Å². The van der Waals surface area contributed by atoms with Crippen LogP contribution in [0.3, 0.4) is 0 Å². The molecule has 0 bridgehead atoms. The molecule has 1 aliphatic carbocycles. The highest BCUT2D eigenvalue weighted by Gasteiger charge is 2.57. The maximum atomic E-state index is 12.1. The number of nitrogens with one attached hydrogen (secondary N) is 1. The van der Waals surface area contributed by atoms with Gasteiger partial charge in [-0.05, 0) is 36.5 Å². The summed E-state index contributed by atoms with van der Waals surface area (Å²) < 4.78 is 10.3. The van der Waals surface area contributed by atoms with Crippen LogP contribution in [0.1, 0.15) is 32.3 Å². The molecule has 0 unspecified atom stereocenters. The molecule has 0 saturated heterocycles. The summed E-state index contributed by atoms with van der Waals surface area (Å²) in [4.78, 5) is 23.7. The van der Waals surface area contributed by atoms with Crippen LogP contribution in [0.4, 0.5) is 0 Å². The average molecular weight is 305 g/mol. The minimum atomic E-state index is -0.949. The van der Waals surface area contributed by atoms with Gasteiger partial charge in [0, 0.05) is 6.54 Å². The number of hydrogen-bond donors (Lipinski definition) is 1. The van der Waals surface area contributed by atoms with Crippen molar-refractivity contribution in [2.45, 2.75) is 33.2 Å². The maximum Gasteiger partial charge on any atom is 0.321 e. The minimum Gasteiger partial charge on any atom is -0.493 e. The number of ether oxygens (including phenoxy) is 2. The molecule has 0 radical (unpaired) electrons. The summed E-state index contributed by atoms with van der Waals surface area (Å²) in [5.74, 6) is 0.603. The van der Waals surface area contributed by atoms with Crippen molar-refractivity contribution in [1.29, 1.82) is 0 Å². The van der Waals surface area contributed by atoms with Crippen molar-refractivity contribution in [3.05, 3.63) is 29.8 Å². The number of carbonyl (C=O) groups is 2. The third kappa shape index (κ3) is 3.78. The normalized spacial score (nSPS) is 15.3. The van der Waals surface area contributed by atoms with Crippen molar-refractivity contribution in [2.75, 3.05) is 13.7 Å². The lowest BCUT2D eigenvalue weighted by atomic mass is 10.1. The predicted molar refractivity (Wildman–Crippen MR) is 82.3 cm³/mol. The number of carbonyl (C=O) groups excluding carboxylic acids is 2. The Morgan fingerprint density at radius 2 is 1.86 bits per heavy atom. The van der Waals surface area contributed by atoms with E-state index in [2.05, 4.69) is 19.2 Å². The fourth-order valence-electron chi connectivity index (χ4n) is 2.16. The Balaban J connectivity index is 1.84. The van der Waals surface area contributed by atoms with Gasteiger partial charge in [0.1, 0.15) is 11.2 Å². The summed E-state index contributed by atoms with van der Waals surface area (Å²) in [6.45, 7) is 5.26. The Kier molecular flexibility index (Phi) is 5.06. The molecular formula is C17H23NO4. The standard InChI is InChI=1S/C17H23NO4/c1-12(2)11-22-14-6-4-13(5-7-14)10-18-15(19)17(8-9-17)16(20)21-3/h4-7,12H,8-11H2,1-3H3,(H,18,19). The zero-order chi connectivity index (χ0) is 16.2. The predicted octanol–water partition coefficient (Wildman–Crippen LogP) is 2.29. The van der Waals surface area contributed by atoms with Gasteiger partial charge in [-0.2, -0.15) is 0 Å². The number of rotatable bonds is 7. The molecule has 0 atom stereocenters. The average Bonchev–Trinajstić information content (AvgIpc) is 3.32. The second-order valence-corrected chi connectivity index (χ2v) is 6.11. The summed E-state index contributed by atoms with van der Waals surface area (Å²) in [6, 6.07) is 7.59. The van der Waals surface area contributed by atoms with E-state index < -0.39 is 11.4 Å². The van der Waals surface area contributed by atoms with Gasteiger partial charge in [0.05, 0.1) is 13.7 Å². The first-order chi connectivity index (χ1) is 10.5. The largest absolute Gasteiger partial charge is 0.493 e. The van der Waals surface area contributed by atoms with Crippen LogP contribution < -0.4 is 10.1 Å². The molecule has 22 heavy (non-hydrogen) atoms. The Morgan fingerprint density at radius 1 is 1.23 bits per heavy atom.